The first-order valence-corrected chi connectivity index (χ1v) is 10.6. The quantitative estimate of drug-likeness (QED) is 0.772. The molecule has 0 amide bonds. The van der Waals surface area contributed by atoms with E-state index in [4.69, 9.17) is 4.74 Å². The normalized spacial score (nSPS) is 17.8. The Labute approximate surface area is 154 Å². The van der Waals surface area contributed by atoms with Gasteiger partial charge >= 0.3 is 0 Å². The minimum absolute atomic E-state index is 0.193. The summed E-state index contributed by atoms with van der Waals surface area (Å²) in [7, 11) is -3.67. The van der Waals surface area contributed by atoms with Crippen LogP contribution in [0.2, 0.25) is 0 Å². The van der Waals surface area contributed by atoms with Crippen LogP contribution in [0.25, 0.3) is 0 Å². The van der Waals surface area contributed by atoms with E-state index in [1.54, 1.807) is 36.5 Å². The van der Waals surface area contributed by atoms with Gasteiger partial charge in [-0.2, -0.15) is 0 Å². The number of aromatic nitrogens is 1. The fourth-order valence-corrected chi connectivity index (χ4v) is 4.10. The molecule has 2 aliphatic carbocycles. The maximum Gasteiger partial charge on any atom is 0.263 e. The lowest BCUT2D eigenvalue weighted by Gasteiger charge is -2.13. The molecule has 2 aromatic rings. The molecule has 0 radical (unpaired) electrons. The molecule has 2 N–H and O–H groups in total. The highest BCUT2D eigenvalue weighted by Gasteiger charge is 2.21. The Bertz CT molecular complexity index is 841. The number of ether oxygens (including phenoxy) is 1. The van der Waals surface area contributed by atoms with E-state index in [1.807, 2.05) is 6.07 Å². The van der Waals surface area contributed by atoms with Gasteiger partial charge < -0.3 is 10.1 Å². The molecule has 138 valence electrons. The lowest BCUT2D eigenvalue weighted by Crippen LogP contribution is -2.14. The molecule has 1 aromatic heterocycles. The molecule has 0 saturated heterocycles. The van der Waals surface area contributed by atoms with Crippen LogP contribution in [0.5, 0.6) is 5.75 Å². The van der Waals surface area contributed by atoms with Crippen LogP contribution in [0.3, 0.4) is 0 Å². The van der Waals surface area contributed by atoms with E-state index in [9.17, 15) is 8.42 Å². The van der Waals surface area contributed by atoms with E-state index in [2.05, 4.69) is 15.0 Å². The van der Waals surface area contributed by atoms with Crippen LogP contribution in [0.4, 0.5) is 11.5 Å². The molecule has 2 saturated carbocycles. The lowest BCUT2D eigenvalue weighted by atomic mass is 10.3. The summed E-state index contributed by atoms with van der Waals surface area (Å²) in [4.78, 5) is 4.37. The number of pyridine rings is 1. The number of nitrogens with zero attached hydrogens (tertiary/aromatic N) is 1. The molecule has 4 rings (SSSR count). The molecule has 0 unspecified atom stereocenters. The fourth-order valence-electron chi connectivity index (χ4n) is 3.10. The third-order valence-corrected chi connectivity index (χ3v) is 6.06. The summed E-state index contributed by atoms with van der Waals surface area (Å²) in [5.74, 6) is 1.02. The Morgan fingerprint density at radius 3 is 2.31 bits per heavy atom. The van der Waals surface area contributed by atoms with Crippen molar-refractivity contribution in [2.45, 2.75) is 55.6 Å². The Kier molecular flexibility index (Phi) is 4.72. The zero-order valence-corrected chi connectivity index (χ0v) is 15.3. The Morgan fingerprint density at radius 2 is 1.69 bits per heavy atom. The fraction of sp³-hybridized carbons (Fsp3) is 0.421. The number of benzene rings is 1. The molecule has 7 heteroatoms. The summed E-state index contributed by atoms with van der Waals surface area (Å²) in [5, 5.41) is 3.32. The first-order valence-electron chi connectivity index (χ1n) is 9.11. The van der Waals surface area contributed by atoms with Crippen LogP contribution in [-0.4, -0.2) is 25.5 Å². The van der Waals surface area contributed by atoms with Crippen molar-refractivity contribution in [1.82, 2.24) is 4.98 Å². The van der Waals surface area contributed by atoms with Crippen molar-refractivity contribution in [1.29, 1.82) is 0 Å². The molecule has 0 aliphatic heterocycles. The van der Waals surface area contributed by atoms with Crippen molar-refractivity contribution in [2.75, 3.05) is 10.0 Å². The van der Waals surface area contributed by atoms with Crippen molar-refractivity contribution < 1.29 is 13.2 Å². The van der Waals surface area contributed by atoms with E-state index in [-0.39, 0.29) is 11.0 Å². The van der Waals surface area contributed by atoms with Gasteiger partial charge in [-0.05, 0) is 74.9 Å². The van der Waals surface area contributed by atoms with E-state index in [0.717, 1.165) is 18.5 Å². The molecule has 26 heavy (non-hydrogen) atoms. The van der Waals surface area contributed by atoms with Crippen LogP contribution >= 0.6 is 0 Å². The molecule has 2 aliphatic rings. The minimum Gasteiger partial charge on any atom is -0.490 e. The SMILES string of the molecule is O=S(=O)(Nc1ccc(NC2CC2)cn1)c1ccc(OC2CCCC2)cc1. The summed E-state index contributed by atoms with van der Waals surface area (Å²) in [6.07, 6.45) is 8.78. The molecule has 0 bridgehead atoms. The van der Waals surface area contributed by atoms with Crippen molar-refractivity contribution in [3.63, 3.8) is 0 Å². The third kappa shape index (κ3) is 4.27. The molecular weight excluding hydrogens is 350 g/mol. The summed E-state index contributed by atoms with van der Waals surface area (Å²) >= 11 is 0. The Hall–Kier alpha value is -2.28. The summed E-state index contributed by atoms with van der Waals surface area (Å²) in [6, 6.07) is 10.6. The van der Waals surface area contributed by atoms with E-state index >= 15 is 0 Å². The van der Waals surface area contributed by atoms with Crippen LogP contribution in [0, 0.1) is 0 Å². The van der Waals surface area contributed by atoms with Gasteiger partial charge in [0, 0.05) is 6.04 Å². The molecule has 0 spiro atoms. The van der Waals surface area contributed by atoms with E-state index in [0.29, 0.717) is 17.6 Å². The topological polar surface area (TPSA) is 80.3 Å². The number of nitrogens with one attached hydrogen (secondary N) is 2. The Balaban J connectivity index is 1.40. The second kappa shape index (κ2) is 7.15. The van der Waals surface area contributed by atoms with Gasteiger partial charge in [-0.15, -0.1) is 0 Å². The highest BCUT2D eigenvalue weighted by atomic mass is 32.2. The average Bonchev–Trinajstić information content (AvgIpc) is 3.30. The van der Waals surface area contributed by atoms with Gasteiger partial charge in [0.15, 0.2) is 0 Å². The predicted molar refractivity (Wildman–Crippen MR) is 101 cm³/mol. The lowest BCUT2D eigenvalue weighted by molar-refractivity contribution is 0.210. The predicted octanol–water partition coefficient (Wildman–Crippen LogP) is 3.78. The third-order valence-electron chi connectivity index (χ3n) is 4.69. The van der Waals surface area contributed by atoms with Gasteiger partial charge in [-0.1, -0.05) is 0 Å². The average molecular weight is 373 g/mol. The van der Waals surface area contributed by atoms with Gasteiger partial charge in [0.2, 0.25) is 0 Å². The van der Waals surface area contributed by atoms with Gasteiger partial charge in [0.25, 0.3) is 10.0 Å². The van der Waals surface area contributed by atoms with Crippen molar-refractivity contribution in [2.24, 2.45) is 0 Å². The van der Waals surface area contributed by atoms with Crippen LogP contribution < -0.4 is 14.8 Å². The largest absolute Gasteiger partial charge is 0.490 e. The standard InChI is InChI=1S/C19H23N3O3S/c23-26(24,22-19-12-7-15(13-20-19)21-14-5-6-14)18-10-8-17(9-11-18)25-16-3-1-2-4-16/h7-14,16,21H,1-6H2,(H,20,22). The van der Waals surface area contributed by atoms with E-state index < -0.39 is 10.0 Å². The van der Waals surface area contributed by atoms with Gasteiger partial charge in [0.1, 0.15) is 11.6 Å². The van der Waals surface area contributed by atoms with Crippen LogP contribution in [0.15, 0.2) is 47.5 Å². The Morgan fingerprint density at radius 1 is 0.962 bits per heavy atom. The molecule has 6 nitrogen and oxygen atoms in total. The summed E-state index contributed by atoms with van der Waals surface area (Å²) in [6.45, 7) is 0. The first-order chi connectivity index (χ1) is 12.6. The molecular formula is C19H23N3O3S. The number of hydrogen-bond acceptors (Lipinski definition) is 5. The van der Waals surface area contributed by atoms with Gasteiger partial charge in [-0.3, -0.25) is 4.72 Å². The first kappa shape index (κ1) is 17.1. The van der Waals surface area contributed by atoms with E-state index in [1.165, 1.54) is 25.7 Å². The highest BCUT2D eigenvalue weighted by Crippen LogP contribution is 2.26. The van der Waals surface area contributed by atoms with Crippen molar-refractivity contribution in [3.05, 3.63) is 42.6 Å². The van der Waals surface area contributed by atoms with Gasteiger partial charge in [-0.25, -0.2) is 13.4 Å². The molecule has 1 aromatic carbocycles. The molecule has 2 fully saturated rings. The maximum atomic E-state index is 12.5. The number of rotatable bonds is 7. The monoisotopic (exact) mass is 373 g/mol. The number of anilines is 2. The second-order valence-corrected chi connectivity index (χ2v) is 8.63. The van der Waals surface area contributed by atoms with Crippen LogP contribution in [-0.2, 0) is 10.0 Å². The summed E-state index contributed by atoms with van der Waals surface area (Å²) in [5.41, 5.74) is 0.906. The van der Waals surface area contributed by atoms with Crippen molar-refractivity contribution in [3.8, 4) is 5.75 Å². The van der Waals surface area contributed by atoms with Crippen molar-refractivity contribution >= 4 is 21.5 Å². The minimum atomic E-state index is -3.67. The second-order valence-electron chi connectivity index (χ2n) is 6.95. The molecule has 1 heterocycles. The van der Waals surface area contributed by atoms with Crippen LogP contribution in [0.1, 0.15) is 38.5 Å². The maximum absolute atomic E-state index is 12.5. The zero-order chi connectivity index (χ0) is 18.0. The zero-order valence-electron chi connectivity index (χ0n) is 14.5. The van der Waals surface area contributed by atoms with Gasteiger partial charge in [0.05, 0.1) is 22.9 Å². The smallest absolute Gasteiger partial charge is 0.263 e. The molecule has 0 atom stereocenters. The number of hydrogen-bond donors (Lipinski definition) is 2. The number of sulfonamides is 1. The summed E-state index contributed by atoms with van der Waals surface area (Å²) < 4.78 is 33.4. The highest BCUT2D eigenvalue weighted by molar-refractivity contribution is 7.92.